The van der Waals surface area contributed by atoms with E-state index in [-0.39, 0.29) is 5.75 Å². The topological polar surface area (TPSA) is 78.9 Å². The number of nitrogens with zero attached hydrogens (tertiary/aromatic N) is 2. The van der Waals surface area contributed by atoms with Gasteiger partial charge in [-0.1, -0.05) is 10.3 Å². The average molecular weight is 314 g/mol. The van der Waals surface area contributed by atoms with Crippen molar-refractivity contribution in [2.24, 2.45) is 5.16 Å². The second kappa shape index (κ2) is 5.65. The minimum atomic E-state index is 0.219. The molecule has 0 atom stereocenters. The van der Waals surface area contributed by atoms with Gasteiger partial charge in [0.2, 0.25) is 0 Å². The van der Waals surface area contributed by atoms with E-state index in [9.17, 15) is 5.11 Å². The maximum Gasteiger partial charge on any atom is 0.141 e. The number of benzene rings is 1. The molecule has 0 bridgehead atoms. The molecule has 0 aliphatic carbocycles. The molecule has 0 aliphatic rings. The summed E-state index contributed by atoms with van der Waals surface area (Å²) in [5, 5.41) is 27.4. The van der Waals surface area contributed by atoms with Crippen LogP contribution in [0.15, 0.2) is 39.3 Å². The molecule has 2 heterocycles. The molecule has 0 amide bonds. The predicted octanol–water partition coefficient (Wildman–Crippen LogP) is 4.20. The summed E-state index contributed by atoms with van der Waals surface area (Å²) >= 11 is 1.54. The van der Waals surface area contributed by atoms with Gasteiger partial charge in [-0.05, 0) is 43.7 Å². The molecular formula is C16H14N2O3S. The van der Waals surface area contributed by atoms with Crippen molar-refractivity contribution in [2.75, 3.05) is 0 Å². The quantitative estimate of drug-likeness (QED) is 0.431. The fourth-order valence-electron chi connectivity index (χ4n) is 2.45. The largest absolute Gasteiger partial charge is 0.508 e. The Morgan fingerprint density at radius 3 is 2.50 bits per heavy atom. The van der Waals surface area contributed by atoms with Crippen LogP contribution in [0.25, 0.3) is 21.6 Å². The van der Waals surface area contributed by atoms with E-state index in [0.717, 1.165) is 32.8 Å². The first kappa shape index (κ1) is 14.3. The van der Waals surface area contributed by atoms with E-state index in [2.05, 4.69) is 10.3 Å². The molecule has 3 rings (SSSR count). The van der Waals surface area contributed by atoms with Gasteiger partial charge < -0.3 is 14.8 Å². The van der Waals surface area contributed by atoms with Gasteiger partial charge in [0.1, 0.15) is 11.5 Å². The number of aromatic hydroxyl groups is 1. The smallest absolute Gasteiger partial charge is 0.141 e. The predicted molar refractivity (Wildman–Crippen MR) is 85.8 cm³/mol. The van der Waals surface area contributed by atoms with Crippen LogP contribution in [0.5, 0.6) is 5.75 Å². The van der Waals surface area contributed by atoms with E-state index < -0.39 is 0 Å². The van der Waals surface area contributed by atoms with Crippen molar-refractivity contribution in [1.29, 1.82) is 0 Å². The highest BCUT2D eigenvalue weighted by Gasteiger charge is 2.21. The van der Waals surface area contributed by atoms with Gasteiger partial charge in [0.15, 0.2) is 0 Å². The Bertz CT molecular complexity index is 812. The van der Waals surface area contributed by atoms with Gasteiger partial charge in [-0.3, -0.25) is 0 Å². The van der Waals surface area contributed by atoms with E-state index in [1.54, 1.807) is 12.1 Å². The molecule has 0 radical (unpaired) electrons. The first-order chi connectivity index (χ1) is 10.6. The Morgan fingerprint density at radius 1 is 1.18 bits per heavy atom. The lowest BCUT2D eigenvalue weighted by molar-refractivity contribution is 0.322. The van der Waals surface area contributed by atoms with Gasteiger partial charge in [0.05, 0.1) is 11.9 Å². The monoisotopic (exact) mass is 314 g/mol. The molecule has 22 heavy (non-hydrogen) atoms. The number of aryl methyl sites for hydroxylation is 2. The van der Waals surface area contributed by atoms with Crippen molar-refractivity contribution < 1.29 is 14.8 Å². The second-order valence-electron chi connectivity index (χ2n) is 4.89. The molecule has 0 spiro atoms. The number of hydrogen-bond donors (Lipinski definition) is 2. The van der Waals surface area contributed by atoms with Gasteiger partial charge in [-0.25, -0.2) is 0 Å². The number of aromatic nitrogens is 1. The Balaban J connectivity index is 2.26. The normalized spacial score (nSPS) is 11.4. The van der Waals surface area contributed by atoms with E-state index in [4.69, 9.17) is 9.73 Å². The first-order valence-corrected chi connectivity index (χ1v) is 7.51. The maximum atomic E-state index is 9.46. The minimum absolute atomic E-state index is 0.219. The lowest BCUT2D eigenvalue weighted by Crippen LogP contribution is -1.89. The Morgan fingerprint density at radius 2 is 1.91 bits per heavy atom. The highest BCUT2D eigenvalue weighted by atomic mass is 32.1. The summed E-state index contributed by atoms with van der Waals surface area (Å²) in [6.07, 6.45) is 1.40. The van der Waals surface area contributed by atoms with E-state index in [1.807, 2.05) is 31.4 Å². The summed E-state index contributed by atoms with van der Waals surface area (Å²) in [6.45, 7) is 3.73. The van der Waals surface area contributed by atoms with Crippen molar-refractivity contribution in [3.8, 4) is 27.3 Å². The second-order valence-corrected chi connectivity index (χ2v) is 5.77. The molecule has 5 nitrogen and oxygen atoms in total. The highest BCUT2D eigenvalue weighted by molar-refractivity contribution is 7.14. The van der Waals surface area contributed by atoms with Gasteiger partial charge in [0.25, 0.3) is 0 Å². The lowest BCUT2D eigenvalue weighted by Gasteiger charge is -2.06. The van der Waals surface area contributed by atoms with Crippen molar-refractivity contribution in [3.05, 3.63) is 46.7 Å². The average Bonchev–Trinajstić information content (AvgIpc) is 3.04. The number of thiophene rings is 1. The van der Waals surface area contributed by atoms with Crippen LogP contribution in [0.2, 0.25) is 0 Å². The zero-order valence-corrected chi connectivity index (χ0v) is 12.9. The van der Waals surface area contributed by atoms with Crippen LogP contribution in [-0.2, 0) is 0 Å². The Hall–Kier alpha value is -2.60. The van der Waals surface area contributed by atoms with Crippen LogP contribution < -0.4 is 0 Å². The molecular weight excluding hydrogens is 300 g/mol. The molecule has 2 N–H and O–H groups in total. The van der Waals surface area contributed by atoms with Gasteiger partial charge in [-0.15, -0.1) is 11.3 Å². The third-order valence-corrected chi connectivity index (χ3v) is 4.48. The summed E-state index contributed by atoms with van der Waals surface area (Å²) in [7, 11) is 0. The molecule has 0 saturated carbocycles. The fraction of sp³-hybridized carbons (Fsp3) is 0.125. The molecule has 0 unspecified atom stereocenters. The fourth-order valence-corrected chi connectivity index (χ4v) is 3.48. The zero-order valence-electron chi connectivity index (χ0n) is 12.1. The third kappa shape index (κ3) is 2.37. The highest BCUT2D eigenvalue weighted by Crippen LogP contribution is 2.42. The van der Waals surface area contributed by atoms with Gasteiger partial charge >= 0.3 is 0 Å². The summed E-state index contributed by atoms with van der Waals surface area (Å²) in [5.41, 5.74) is 4.37. The SMILES string of the molecule is Cc1noc(C)c1-c1c(/C=N/O)csc1-c1ccc(O)cc1. The van der Waals surface area contributed by atoms with E-state index >= 15 is 0 Å². The van der Waals surface area contributed by atoms with Crippen molar-refractivity contribution in [3.63, 3.8) is 0 Å². The molecule has 112 valence electrons. The van der Waals surface area contributed by atoms with Gasteiger partial charge in [-0.2, -0.15) is 0 Å². The summed E-state index contributed by atoms with van der Waals surface area (Å²) in [4.78, 5) is 1.00. The molecule has 3 aromatic rings. The van der Waals surface area contributed by atoms with E-state index in [1.165, 1.54) is 17.6 Å². The number of phenols is 1. The number of phenolic OH excluding ortho intramolecular Hbond substituents is 1. The Labute approximate surface area is 131 Å². The molecule has 6 heteroatoms. The molecule has 0 aliphatic heterocycles. The van der Waals surface area contributed by atoms with Crippen LogP contribution in [-0.4, -0.2) is 21.7 Å². The van der Waals surface area contributed by atoms with Crippen molar-refractivity contribution in [2.45, 2.75) is 13.8 Å². The molecule has 2 aromatic heterocycles. The molecule has 1 aromatic carbocycles. The lowest BCUT2D eigenvalue weighted by atomic mass is 9.97. The minimum Gasteiger partial charge on any atom is -0.508 e. The van der Waals surface area contributed by atoms with Crippen LogP contribution >= 0.6 is 11.3 Å². The van der Waals surface area contributed by atoms with Crippen LogP contribution in [0.1, 0.15) is 17.0 Å². The zero-order chi connectivity index (χ0) is 15.7. The molecule has 0 saturated heterocycles. The van der Waals surface area contributed by atoms with Crippen molar-refractivity contribution in [1.82, 2.24) is 5.16 Å². The summed E-state index contributed by atoms with van der Waals surface area (Å²) < 4.78 is 5.27. The van der Waals surface area contributed by atoms with Crippen LogP contribution in [0.4, 0.5) is 0 Å². The number of oxime groups is 1. The van der Waals surface area contributed by atoms with Crippen molar-refractivity contribution >= 4 is 17.6 Å². The standard InChI is InChI=1S/C16H14N2O3S/c1-9-14(10(2)21-18-9)15-12(7-17-20)8-22-16(15)11-3-5-13(19)6-4-11/h3-8,19-20H,1-2H3/b17-7+. The summed E-state index contributed by atoms with van der Waals surface area (Å²) in [5.74, 6) is 0.930. The first-order valence-electron chi connectivity index (χ1n) is 6.63. The third-order valence-electron chi connectivity index (χ3n) is 3.43. The van der Waals surface area contributed by atoms with Crippen LogP contribution in [0.3, 0.4) is 0 Å². The Kier molecular flexibility index (Phi) is 3.68. The van der Waals surface area contributed by atoms with E-state index in [0.29, 0.717) is 5.76 Å². The van der Waals surface area contributed by atoms with Gasteiger partial charge in [0, 0.05) is 26.9 Å². The number of hydrogen-bond acceptors (Lipinski definition) is 6. The maximum absolute atomic E-state index is 9.46. The van der Waals surface area contributed by atoms with Crippen LogP contribution in [0, 0.1) is 13.8 Å². The molecule has 0 fully saturated rings. The number of rotatable bonds is 3. The summed E-state index contributed by atoms with van der Waals surface area (Å²) in [6, 6.07) is 6.99.